The van der Waals surface area contributed by atoms with Gasteiger partial charge in [0.05, 0.1) is 5.92 Å². The van der Waals surface area contributed by atoms with Gasteiger partial charge in [-0.2, -0.15) is 0 Å². The normalized spacial score (nSPS) is 28.8. The average molecular weight is 227 g/mol. The number of carboxylic acid groups (broad SMARTS) is 1. The summed E-state index contributed by atoms with van der Waals surface area (Å²) in [5.74, 6) is -0.0281. The fourth-order valence-corrected chi connectivity index (χ4v) is 2.88. The Morgan fingerprint density at radius 1 is 1.31 bits per heavy atom. The van der Waals surface area contributed by atoms with Crippen LogP contribution in [0.4, 0.5) is 0 Å². The Morgan fingerprint density at radius 3 is 2.12 bits per heavy atom. The van der Waals surface area contributed by atoms with Crippen molar-refractivity contribution < 1.29 is 9.90 Å². The molecule has 0 spiro atoms. The number of rotatable bonds is 3. The monoisotopic (exact) mass is 227 g/mol. The highest BCUT2D eigenvalue weighted by atomic mass is 16.4. The van der Waals surface area contributed by atoms with Crippen LogP contribution in [0.25, 0.3) is 0 Å². The van der Waals surface area contributed by atoms with Crippen LogP contribution in [0.2, 0.25) is 0 Å². The summed E-state index contributed by atoms with van der Waals surface area (Å²) >= 11 is 0. The molecule has 3 heteroatoms. The highest BCUT2D eigenvalue weighted by molar-refractivity contribution is 5.70. The number of aliphatic carboxylic acids is 1. The molecule has 1 rings (SSSR count). The molecule has 0 aliphatic heterocycles. The van der Waals surface area contributed by atoms with Gasteiger partial charge in [-0.1, -0.05) is 20.8 Å². The topological polar surface area (TPSA) is 63.3 Å². The van der Waals surface area contributed by atoms with Crippen LogP contribution in [0.3, 0.4) is 0 Å². The van der Waals surface area contributed by atoms with Gasteiger partial charge < -0.3 is 10.8 Å². The third-order valence-corrected chi connectivity index (χ3v) is 4.14. The van der Waals surface area contributed by atoms with Crippen molar-refractivity contribution in [2.75, 3.05) is 6.54 Å². The van der Waals surface area contributed by atoms with Crippen LogP contribution in [-0.4, -0.2) is 17.6 Å². The minimum Gasteiger partial charge on any atom is -0.481 e. The predicted octanol–water partition coefficient (Wildman–Crippen LogP) is 2.50. The first-order valence-electron chi connectivity index (χ1n) is 6.29. The van der Waals surface area contributed by atoms with Crippen molar-refractivity contribution in [3.63, 3.8) is 0 Å². The molecule has 1 saturated carbocycles. The maximum Gasteiger partial charge on any atom is 0.308 e. The van der Waals surface area contributed by atoms with Gasteiger partial charge in [-0.3, -0.25) is 4.79 Å². The van der Waals surface area contributed by atoms with Gasteiger partial charge in [-0.25, -0.2) is 0 Å². The van der Waals surface area contributed by atoms with E-state index in [0.29, 0.717) is 11.3 Å². The first-order chi connectivity index (χ1) is 7.36. The number of hydrogen-bond donors (Lipinski definition) is 2. The van der Waals surface area contributed by atoms with Gasteiger partial charge in [0.25, 0.3) is 0 Å². The summed E-state index contributed by atoms with van der Waals surface area (Å²) in [7, 11) is 0. The number of nitrogens with two attached hydrogens (primary N) is 1. The van der Waals surface area contributed by atoms with Crippen molar-refractivity contribution in [1.82, 2.24) is 0 Å². The molecule has 94 valence electrons. The maximum atomic E-state index is 11.0. The smallest absolute Gasteiger partial charge is 0.308 e. The molecule has 1 aliphatic carbocycles. The molecule has 0 amide bonds. The zero-order valence-electron chi connectivity index (χ0n) is 10.7. The molecule has 0 aromatic carbocycles. The molecule has 0 bridgehead atoms. The Bertz CT molecular complexity index is 237. The van der Waals surface area contributed by atoms with Crippen LogP contribution in [0, 0.1) is 23.2 Å². The molecule has 0 saturated heterocycles. The number of carbonyl (C=O) groups is 1. The zero-order valence-corrected chi connectivity index (χ0v) is 10.7. The minimum atomic E-state index is -0.721. The lowest BCUT2D eigenvalue weighted by Gasteiger charge is -2.38. The second-order valence-corrected chi connectivity index (χ2v) is 6.16. The maximum absolute atomic E-state index is 11.0. The SMILES string of the molecule is CC(C)(C)C1CCC(C(CN)C(=O)O)CC1. The van der Waals surface area contributed by atoms with E-state index in [0.717, 1.165) is 31.6 Å². The molecule has 0 radical (unpaired) electrons. The predicted molar refractivity (Wildman–Crippen MR) is 65.1 cm³/mol. The Morgan fingerprint density at radius 2 is 1.81 bits per heavy atom. The molecule has 1 aliphatic rings. The number of hydrogen-bond acceptors (Lipinski definition) is 2. The molecular weight excluding hydrogens is 202 g/mol. The summed E-state index contributed by atoms with van der Waals surface area (Å²) in [5, 5.41) is 9.07. The largest absolute Gasteiger partial charge is 0.481 e. The van der Waals surface area contributed by atoms with Gasteiger partial charge in [0.15, 0.2) is 0 Å². The summed E-state index contributed by atoms with van der Waals surface area (Å²) in [6, 6.07) is 0. The standard InChI is InChI=1S/C13H25NO2/c1-13(2,3)10-6-4-9(5-7-10)11(8-14)12(15)16/h9-11H,4-8,14H2,1-3H3,(H,15,16). The van der Waals surface area contributed by atoms with Crippen LogP contribution in [-0.2, 0) is 4.79 Å². The molecule has 0 heterocycles. The molecular formula is C13H25NO2. The Kier molecular flexibility index (Phi) is 4.36. The highest BCUT2D eigenvalue weighted by Gasteiger charge is 2.34. The Balaban J connectivity index is 2.51. The van der Waals surface area contributed by atoms with Crippen LogP contribution in [0.5, 0.6) is 0 Å². The van der Waals surface area contributed by atoms with E-state index in [1.54, 1.807) is 0 Å². The van der Waals surface area contributed by atoms with Crippen LogP contribution in [0.1, 0.15) is 46.5 Å². The molecule has 3 N–H and O–H groups in total. The Labute approximate surface area is 98.4 Å². The van der Waals surface area contributed by atoms with E-state index in [9.17, 15) is 4.79 Å². The van der Waals surface area contributed by atoms with Gasteiger partial charge in [-0.05, 0) is 42.9 Å². The first-order valence-corrected chi connectivity index (χ1v) is 6.29. The fourth-order valence-electron chi connectivity index (χ4n) is 2.88. The lowest BCUT2D eigenvalue weighted by atomic mass is 9.67. The summed E-state index contributed by atoms with van der Waals surface area (Å²) in [6.45, 7) is 7.10. The quantitative estimate of drug-likeness (QED) is 0.778. The van der Waals surface area contributed by atoms with Gasteiger partial charge in [0, 0.05) is 6.54 Å². The second kappa shape index (κ2) is 5.17. The lowest BCUT2D eigenvalue weighted by molar-refractivity contribution is -0.144. The van der Waals surface area contributed by atoms with E-state index in [2.05, 4.69) is 20.8 Å². The number of carboxylic acids is 1. The average Bonchev–Trinajstić information content (AvgIpc) is 2.17. The molecule has 3 nitrogen and oxygen atoms in total. The Hall–Kier alpha value is -0.570. The van der Waals surface area contributed by atoms with Gasteiger partial charge in [0.2, 0.25) is 0 Å². The second-order valence-electron chi connectivity index (χ2n) is 6.16. The van der Waals surface area contributed by atoms with E-state index in [1.165, 1.54) is 0 Å². The molecule has 1 fully saturated rings. The minimum absolute atomic E-state index is 0.278. The van der Waals surface area contributed by atoms with E-state index in [4.69, 9.17) is 10.8 Å². The van der Waals surface area contributed by atoms with Gasteiger partial charge in [-0.15, -0.1) is 0 Å². The van der Waals surface area contributed by atoms with Crippen molar-refractivity contribution in [2.45, 2.75) is 46.5 Å². The van der Waals surface area contributed by atoms with Crippen molar-refractivity contribution in [3.05, 3.63) is 0 Å². The van der Waals surface area contributed by atoms with Crippen LogP contribution >= 0.6 is 0 Å². The summed E-state index contributed by atoms with van der Waals surface area (Å²) in [6.07, 6.45) is 4.35. The van der Waals surface area contributed by atoms with Crippen LogP contribution in [0.15, 0.2) is 0 Å². The van der Waals surface area contributed by atoms with E-state index < -0.39 is 5.97 Å². The van der Waals surface area contributed by atoms with E-state index in [1.807, 2.05) is 0 Å². The molecule has 0 aromatic heterocycles. The fraction of sp³-hybridized carbons (Fsp3) is 0.923. The lowest BCUT2D eigenvalue weighted by Crippen LogP contribution is -2.35. The highest BCUT2D eigenvalue weighted by Crippen LogP contribution is 2.41. The van der Waals surface area contributed by atoms with Crippen molar-refractivity contribution in [3.8, 4) is 0 Å². The molecule has 1 atom stereocenters. The summed E-state index contributed by atoms with van der Waals surface area (Å²) in [4.78, 5) is 11.0. The van der Waals surface area contributed by atoms with Gasteiger partial charge in [0.1, 0.15) is 0 Å². The third kappa shape index (κ3) is 3.21. The molecule has 0 aromatic rings. The van der Waals surface area contributed by atoms with E-state index in [-0.39, 0.29) is 12.5 Å². The van der Waals surface area contributed by atoms with Gasteiger partial charge >= 0.3 is 5.97 Å². The zero-order chi connectivity index (χ0) is 12.3. The van der Waals surface area contributed by atoms with Crippen molar-refractivity contribution >= 4 is 5.97 Å². The van der Waals surface area contributed by atoms with Crippen molar-refractivity contribution in [1.29, 1.82) is 0 Å². The molecule has 1 unspecified atom stereocenters. The third-order valence-electron chi connectivity index (χ3n) is 4.14. The first kappa shape index (κ1) is 13.5. The van der Waals surface area contributed by atoms with Crippen molar-refractivity contribution in [2.24, 2.45) is 28.9 Å². The summed E-state index contributed by atoms with van der Waals surface area (Å²) < 4.78 is 0. The molecule has 16 heavy (non-hydrogen) atoms. The van der Waals surface area contributed by atoms with Crippen LogP contribution < -0.4 is 5.73 Å². The van der Waals surface area contributed by atoms with E-state index >= 15 is 0 Å². The summed E-state index contributed by atoms with van der Waals surface area (Å²) in [5.41, 5.74) is 5.90.